The summed E-state index contributed by atoms with van der Waals surface area (Å²) in [5.74, 6) is 2.35. The maximum Gasteiger partial charge on any atom is 0.161 e. The Morgan fingerprint density at radius 2 is 1.65 bits per heavy atom. The molecule has 0 saturated carbocycles. The molecule has 0 fully saturated rings. The van der Waals surface area contributed by atoms with Gasteiger partial charge in [0.15, 0.2) is 11.5 Å². The smallest absolute Gasteiger partial charge is 0.161 e. The van der Waals surface area contributed by atoms with Crippen LogP contribution < -0.4 is 14.8 Å². The summed E-state index contributed by atoms with van der Waals surface area (Å²) in [6, 6.07) is 6.60. The lowest BCUT2D eigenvalue weighted by molar-refractivity contribution is 0.350. The first-order valence-corrected chi connectivity index (χ1v) is 7.65. The average Bonchev–Trinajstić information content (AvgIpc) is 2.50. The molecule has 0 radical (unpaired) electrons. The molecule has 0 aromatic heterocycles. The molecule has 0 spiro atoms. The van der Waals surface area contributed by atoms with E-state index < -0.39 is 0 Å². The van der Waals surface area contributed by atoms with Gasteiger partial charge >= 0.3 is 0 Å². The minimum Gasteiger partial charge on any atom is -0.493 e. The quantitative estimate of drug-likeness (QED) is 0.735. The predicted octanol–water partition coefficient (Wildman–Crippen LogP) is 4.18. The van der Waals surface area contributed by atoms with E-state index in [4.69, 9.17) is 9.47 Å². The van der Waals surface area contributed by atoms with Crippen LogP contribution in [0.15, 0.2) is 18.2 Å². The van der Waals surface area contributed by atoms with Crippen molar-refractivity contribution in [3.8, 4) is 11.5 Å². The molecule has 3 heteroatoms. The van der Waals surface area contributed by atoms with Gasteiger partial charge in [-0.3, -0.25) is 0 Å². The summed E-state index contributed by atoms with van der Waals surface area (Å²) in [5.41, 5.74) is 1.27. The van der Waals surface area contributed by atoms with Gasteiger partial charge in [0.2, 0.25) is 0 Å². The van der Waals surface area contributed by atoms with Crippen molar-refractivity contribution in [2.24, 2.45) is 5.92 Å². The molecule has 1 aromatic carbocycles. The molecular formula is C17H29NO2. The molecule has 0 amide bonds. The normalized spacial score (nSPS) is 12.5. The van der Waals surface area contributed by atoms with E-state index in [0.717, 1.165) is 30.4 Å². The molecule has 0 saturated heterocycles. The molecule has 1 aromatic rings. The lowest BCUT2D eigenvalue weighted by Gasteiger charge is -2.24. The van der Waals surface area contributed by atoms with Gasteiger partial charge in [-0.1, -0.05) is 39.7 Å². The van der Waals surface area contributed by atoms with Gasteiger partial charge in [0, 0.05) is 6.04 Å². The molecule has 0 bridgehead atoms. The Bertz CT molecular complexity index is 389. The fourth-order valence-electron chi connectivity index (χ4n) is 2.61. The first-order chi connectivity index (χ1) is 9.69. The highest BCUT2D eigenvalue weighted by Gasteiger charge is 2.17. The van der Waals surface area contributed by atoms with E-state index in [1.807, 2.05) is 6.07 Å². The molecule has 0 aliphatic rings. The topological polar surface area (TPSA) is 30.5 Å². The number of hydrogen-bond acceptors (Lipinski definition) is 3. The number of nitrogens with one attached hydrogen (secondary N) is 1. The molecular weight excluding hydrogens is 250 g/mol. The molecule has 114 valence electrons. The van der Waals surface area contributed by atoms with Gasteiger partial charge in [0.1, 0.15) is 0 Å². The van der Waals surface area contributed by atoms with E-state index in [2.05, 4.69) is 38.2 Å². The predicted molar refractivity (Wildman–Crippen MR) is 84.7 cm³/mol. The number of benzene rings is 1. The van der Waals surface area contributed by atoms with Crippen LogP contribution >= 0.6 is 0 Å². The molecule has 3 nitrogen and oxygen atoms in total. The van der Waals surface area contributed by atoms with E-state index in [0.29, 0.717) is 6.04 Å². The first kappa shape index (κ1) is 16.8. The van der Waals surface area contributed by atoms with Crippen LogP contribution in [0.3, 0.4) is 0 Å². The van der Waals surface area contributed by atoms with E-state index in [1.165, 1.54) is 18.4 Å². The summed E-state index contributed by atoms with van der Waals surface area (Å²) in [4.78, 5) is 0. The van der Waals surface area contributed by atoms with Crippen molar-refractivity contribution in [3.05, 3.63) is 23.8 Å². The molecule has 0 aliphatic carbocycles. The van der Waals surface area contributed by atoms with Gasteiger partial charge in [-0.2, -0.15) is 0 Å². The third-order valence-corrected chi connectivity index (χ3v) is 3.98. The fourth-order valence-corrected chi connectivity index (χ4v) is 2.61. The van der Waals surface area contributed by atoms with Gasteiger partial charge < -0.3 is 14.8 Å². The van der Waals surface area contributed by atoms with Crippen molar-refractivity contribution in [3.63, 3.8) is 0 Å². The van der Waals surface area contributed by atoms with Crippen molar-refractivity contribution in [1.82, 2.24) is 5.32 Å². The van der Waals surface area contributed by atoms with E-state index in [9.17, 15) is 0 Å². The highest BCUT2D eigenvalue weighted by Crippen LogP contribution is 2.32. The highest BCUT2D eigenvalue weighted by molar-refractivity contribution is 5.43. The maximum atomic E-state index is 5.41. The zero-order valence-corrected chi connectivity index (χ0v) is 13.5. The third kappa shape index (κ3) is 4.41. The lowest BCUT2D eigenvalue weighted by atomic mass is 9.91. The molecule has 20 heavy (non-hydrogen) atoms. The van der Waals surface area contributed by atoms with Crippen molar-refractivity contribution >= 4 is 0 Å². The number of hydrogen-bond donors (Lipinski definition) is 1. The second kappa shape index (κ2) is 8.85. The summed E-state index contributed by atoms with van der Waals surface area (Å²) in [5, 5.41) is 3.59. The van der Waals surface area contributed by atoms with Crippen LogP contribution in [0.4, 0.5) is 0 Å². The van der Waals surface area contributed by atoms with Crippen LogP contribution in [0.5, 0.6) is 11.5 Å². The van der Waals surface area contributed by atoms with E-state index in [1.54, 1.807) is 14.2 Å². The van der Waals surface area contributed by atoms with Crippen LogP contribution in [0, 0.1) is 5.92 Å². The Morgan fingerprint density at radius 3 is 2.15 bits per heavy atom. The van der Waals surface area contributed by atoms with Gasteiger partial charge in [-0.15, -0.1) is 0 Å². The lowest BCUT2D eigenvalue weighted by Crippen LogP contribution is -2.23. The summed E-state index contributed by atoms with van der Waals surface area (Å²) in [7, 11) is 3.36. The maximum absolute atomic E-state index is 5.41. The van der Waals surface area contributed by atoms with Crippen molar-refractivity contribution in [2.45, 2.75) is 46.1 Å². The third-order valence-electron chi connectivity index (χ3n) is 3.98. The number of ether oxygens (including phenoxy) is 2. The summed E-state index contributed by atoms with van der Waals surface area (Å²) >= 11 is 0. The summed E-state index contributed by atoms with van der Waals surface area (Å²) < 4.78 is 10.7. The van der Waals surface area contributed by atoms with Gasteiger partial charge in [0.25, 0.3) is 0 Å². The Hall–Kier alpha value is -1.22. The Labute approximate surface area is 123 Å². The zero-order chi connectivity index (χ0) is 15.0. The number of methoxy groups -OCH3 is 2. The number of rotatable bonds is 9. The highest BCUT2D eigenvalue weighted by atomic mass is 16.5. The van der Waals surface area contributed by atoms with Gasteiger partial charge in [0.05, 0.1) is 14.2 Å². The second-order valence-electron chi connectivity index (χ2n) is 5.14. The first-order valence-electron chi connectivity index (χ1n) is 7.65. The minimum absolute atomic E-state index is 0.379. The molecule has 1 unspecified atom stereocenters. The Balaban J connectivity index is 2.95. The van der Waals surface area contributed by atoms with E-state index in [-0.39, 0.29) is 0 Å². The van der Waals surface area contributed by atoms with Gasteiger partial charge in [-0.25, -0.2) is 0 Å². The van der Waals surface area contributed by atoms with Crippen LogP contribution in [-0.4, -0.2) is 20.8 Å². The molecule has 1 N–H and O–H groups in total. The Morgan fingerprint density at radius 1 is 1.00 bits per heavy atom. The standard InChI is InChI=1S/C17H29NO2/c1-6-13(7-2)11-15(18-8-3)14-9-10-16(19-4)17(12-14)20-5/h9-10,12-13,15,18H,6-8,11H2,1-5H3. The van der Waals surface area contributed by atoms with Crippen LogP contribution in [-0.2, 0) is 0 Å². The SMILES string of the molecule is CCNC(CC(CC)CC)c1ccc(OC)c(OC)c1. The van der Waals surface area contributed by atoms with Crippen LogP contribution in [0.25, 0.3) is 0 Å². The largest absolute Gasteiger partial charge is 0.493 e. The van der Waals surface area contributed by atoms with Crippen molar-refractivity contribution in [1.29, 1.82) is 0 Å². The average molecular weight is 279 g/mol. The van der Waals surface area contributed by atoms with Crippen LogP contribution in [0.1, 0.15) is 51.6 Å². The summed E-state index contributed by atoms with van der Waals surface area (Å²) in [6.45, 7) is 7.66. The zero-order valence-electron chi connectivity index (χ0n) is 13.5. The van der Waals surface area contributed by atoms with Crippen molar-refractivity contribution in [2.75, 3.05) is 20.8 Å². The molecule has 0 aliphatic heterocycles. The fraction of sp³-hybridized carbons (Fsp3) is 0.647. The molecule has 1 atom stereocenters. The summed E-state index contributed by atoms with van der Waals surface area (Å²) in [6.07, 6.45) is 3.62. The molecule has 0 heterocycles. The minimum atomic E-state index is 0.379. The Kier molecular flexibility index (Phi) is 7.45. The second-order valence-corrected chi connectivity index (χ2v) is 5.14. The van der Waals surface area contributed by atoms with Gasteiger partial charge in [-0.05, 0) is 36.6 Å². The van der Waals surface area contributed by atoms with Crippen LogP contribution in [0.2, 0.25) is 0 Å². The monoisotopic (exact) mass is 279 g/mol. The molecule has 1 rings (SSSR count). The van der Waals surface area contributed by atoms with E-state index >= 15 is 0 Å². The van der Waals surface area contributed by atoms with Crippen molar-refractivity contribution < 1.29 is 9.47 Å².